The first kappa shape index (κ1) is 13.6. The zero-order valence-electron chi connectivity index (χ0n) is 8.72. The minimum absolute atomic E-state index is 0.127. The van der Waals surface area contributed by atoms with Crippen LogP contribution in [0.4, 0.5) is 0 Å². The molecule has 0 bridgehead atoms. The molecule has 0 saturated carbocycles. The fourth-order valence-electron chi connectivity index (χ4n) is 1.05. The lowest BCUT2D eigenvalue weighted by atomic mass is 10.2. The molecule has 1 aromatic rings. The van der Waals surface area contributed by atoms with Gasteiger partial charge in [0, 0.05) is 14.4 Å². The van der Waals surface area contributed by atoms with Gasteiger partial charge < -0.3 is 4.74 Å². The van der Waals surface area contributed by atoms with Crippen molar-refractivity contribution in [3.8, 4) is 0 Å². The predicted molar refractivity (Wildman–Crippen MR) is 68.3 cm³/mol. The molecule has 0 heterocycles. The highest BCUT2D eigenvalue weighted by atomic mass is 79.9. The largest absolute Gasteiger partial charge is 0.466 e. The summed E-state index contributed by atoms with van der Waals surface area (Å²) in [6.07, 6.45) is 1.41. The maximum atomic E-state index is 11.3. The second kappa shape index (κ2) is 6.30. The average molecular weight is 317 g/mol. The fraction of sp³-hybridized carbons (Fsp3) is 0.100. The first-order valence-electron chi connectivity index (χ1n) is 4.38. The van der Waals surface area contributed by atoms with Crippen LogP contribution in [0.2, 0.25) is 5.02 Å². The lowest BCUT2D eigenvalue weighted by molar-refractivity contribution is -0.136. The molecule has 0 amide bonds. The third kappa shape index (κ3) is 3.78. The van der Waals surface area contributed by atoms with Crippen molar-refractivity contribution in [1.82, 2.24) is 0 Å². The summed E-state index contributed by atoms with van der Waals surface area (Å²) in [5.41, 5.74) is 8.88. The lowest BCUT2D eigenvalue weighted by Gasteiger charge is -2.01. The summed E-state index contributed by atoms with van der Waals surface area (Å²) in [5.74, 6) is -0.704. The van der Waals surface area contributed by atoms with Crippen LogP contribution in [0.1, 0.15) is 5.56 Å². The van der Waals surface area contributed by atoms with E-state index >= 15 is 0 Å². The van der Waals surface area contributed by atoms with E-state index < -0.39 is 5.97 Å². The van der Waals surface area contributed by atoms with Gasteiger partial charge in [-0.1, -0.05) is 38.7 Å². The van der Waals surface area contributed by atoms with E-state index in [0.29, 0.717) is 15.1 Å². The Hall–Kier alpha value is -1.49. The summed E-state index contributed by atoms with van der Waals surface area (Å²) in [6, 6.07) is 5.00. The molecule has 88 valence electrons. The summed E-state index contributed by atoms with van der Waals surface area (Å²) in [6.45, 7) is 0. The lowest BCUT2D eigenvalue weighted by Crippen LogP contribution is -2.01. The van der Waals surface area contributed by atoms with Gasteiger partial charge in [0.2, 0.25) is 0 Å². The molecule has 0 saturated heterocycles. The molecule has 0 atom stereocenters. The van der Waals surface area contributed by atoms with Gasteiger partial charge in [0.25, 0.3) is 0 Å². The fourth-order valence-corrected chi connectivity index (χ4v) is 1.84. The summed E-state index contributed by atoms with van der Waals surface area (Å²) in [7, 11) is 1.21. The van der Waals surface area contributed by atoms with E-state index in [1.165, 1.54) is 13.2 Å². The van der Waals surface area contributed by atoms with Crippen molar-refractivity contribution in [2.45, 2.75) is 0 Å². The number of ether oxygens (including phenoxy) is 1. The number of esters is 1. The molecule has 0 aromatic heterocycles. The van der Waals surface area contributed by atoms with Gasteiger partial charge in [-0.25, -0.2) is 4.79 Å². The average Bonchev–Trinajstić information content (AvgIpc) is 2.30. The Labute approximate surface area is 111 Å². The van der Waals surface area contributed by atoms with Crippen molar-refractivity contribution in [3.05, 3.63) is 49.4 Å². The van der Waals surface area contributed by atoms with E-state index in [9.17, 15) is 4.79 Å². The number of benzene rings is 1. The number of azide groups is 1. The molecule has 1 rings (SSSR count). The maximum absolute atomic E-state index is 11.3. The Kier molecular flexibility index (Phi) is 5.03. The number of rotatable bonds is 3. The Balaban J connectivity index is 3.21. The summed E-state index contributed by atoms with van der Waals surface area (Å²) in [4.78, 5) is 13.9. The van der Waals surface area contributed by atoms with Crippen LogP contribution in [0, 0.1) is 0 Å². The van der Waals surface area contributed by atoms with Crippen LogP contribution in [-0.2, 0) is 9.53 Å². The van der Waals surface area contributed by atoms with E-state index in [-0.39, 0.29) is 5.70 Å². The minimum atomic E-state index is -0.704. The van der Waals surface area contributed by atoms with Crippen molar-refractivity contribution >= 4 is 39.6 Å². The number of hydrogen-bond acceptors (Lipinski definition) is 3. The Morgan fingerprint density at radius 2 is 2.35 bits per heavy atom. The zero-order valence-corrected chi connectivity index (χ0v) is 11.1. The molecule has 1 aromatic carbocycles. The minimum Gasteiger partial charge on any atom is -0.466 e. The molecule has 0 N–H and O–H groups in total. The summed E-state index contributed by atoms with van der Waals surface area (Å²) in [5, 5.41) is 3.82. The monoisotopic (exact) mass is 315 g/mol. The smallest absolute Gasteiger partial charge is 0.340 e. The number of methoxy groups -OCH3 is 1. The molecular weight excluding hydrogens is 309 g/mol. The molecule has 0 unspecified atom stereocenters. The van der Waals surface area contributed by atoms with E-state index in [0.717, 1.165) is 0 Å². The third-order valence-electron chi connectivity index (χ3n) is 1.80. The number of hydrogen-bond donors (Lipinski definition) is 0. The van der Waals surface area contributed by atoms with Gasteiger partial charge in [-0.05, 0) is 29.3 Å². The van der Waals surface area contributed by atoms with Crippen molar-refractivity contribution in [2.75, 3.05) is 7.11 Å². The van der Waals surface area contributed by atoms with Crippen molar-refractivity contribution in [3.63, 3.8) is 0 Å². The second-order valence-electron chi connectivity index (χ2n) is 2.88. The van der Waals surface area contributed by atoms with E-state index in [1.807, 2.05) is 0 Å². The van der Waals surface area contributed by atoms with Gasteiger partial charge >= 0.3 is 5.97 Å². The molecule has 7 heteroatoms. The summed E-state index contributed by atoms with van der Waals surface area (Å²) >= 11 is 9.06. The normalized spacial score (nSPS) is 10.6. The third-order valence-corrected chi connectivity index (χ3v) is 2.72. The highest BCUT2D eigenvalue weighted by Crippen LogP contribution is 2.24. The molecule has 0 radical (unpaired) electrons. The van der Waals surface area contributed by atoms with Crippen LogP contribution in [-0.4, -0.2) is 13.1 Å². The van der Waals surface area contributed by atoms with Crippen LogP contribution in [0.3, 0.4) is 0 Å². The molecule has 0 fully saturated rings. The van der Waals surface area contributed by atoms with Gasteiger partial charge in [0.1, 0.15) is 5.70 Å². The highest BCUT2D eigenvalue weighted by molar-refractivity contribution is 9.10. The number of carbonyl (C=O) groups is 1. The quantitative estimate of drug-likeness (QED) is 0.278. The van der Waals surface area contributed by atoms with Gasteiger partial charge in [0.15, 0.2) is 0 Å². The zero-order chi connectivity index (χ0) is 12.8. The van der Waals surface area contributed by atoms with Gasteiger partial charge in [-0.15, -0.1) is 0 Å². The maximum Gasteiger partial charge on any atom is 0.340 e. The molecular formula is C10H7BrClN3O2. The molecule has 0 aliphatic carbocycles. The molecule has 0 aliphatic heterocycles. The van der Waals surface area contributed by atoms with Crippen LogP contribution in [0.15, 0.2) is 33.5 Å². The van der Waals surface area contributed by atoms with Gasteiger partial charge in [-0.2, -0.15) is 0 Å². The van der Waals surface area contributed by atoms with Gasteiger partial charge in [-0.3, -0.25) is 0 Å². The molecule has 0 spiro atoms. The Morgan fingerprint density at radius 1 is 1.65 bits per heavy atom. The Morgan fingerprint density at radius 3 is 2.88 bits per heavy atom. The molecule has 0 aliphatic rings. The van der Waals surface area contributed by atoms with E-state index in [4.69, 9.17) is 17.1 Å². The first-order chi connectivity index (χ1) is 8.08. The topological polar surface area (TPSA) is 75.1 Å². The van der Waals surface area contributed by atoms with Crippen LogP contribution in [0.25, 0.3) is 16.5 Å². The second-order valence-corrected chi connectivity index (χ2v) is 4.17. The summed E-state index contributed by atoms with van der Waals surface area (Å²) < 4.78 is 5.17. The van der Waals surface area contributed by atoms with Crippen molar-refractivity contribution in [2.24, 2.45) is 5.11 Å². The number of nitrogens with zero attached hydrogens (tertiary/aromatic N) is 3. The standard InChI is InChI=1S/C10H7BrClN3O2/c1-17-10(16)9(14-15-13)4-6-2-3-7(12)5-8(6)11/h2-5H,1H3/b9-4+. The SMILES string of the molecule is COC(=O)/C(=C\c1ccc(Cl)cc1Br)N=[N+]=[N-]. The van der Waals surface area contributed by atoms with Crippen LogP contribution in [0.5, 0.6) is 0 Å². The van der Waals surface area contributed by atoms with Crippen LogP contribution >= 0.6 is 27.5 Å². The van der Waals surface area contributed by atoms with Crippen molar-refractivity contribution in [1.29, 1.82) is 0 Å². The number of halogens is 2. The van der Waals surface area contributed by atoms with E-state index in [1.54, 1.807) is 18.2 Å². The van der Waals surface area contributed by atoms with E-state index in [2.05, 4.69) is 30.7 Å². The Bertz CT molecular complexity index is 524. The molecule has 5 nitrogen and oxygen atoms in total. The number of carbonyl (C=O) groups excluding carboxylic acids is 1. The van der Waals surface area contributed by atoms with Gasteiger partial charge in [0.05, 0.1) is 7.11 Å². The van der Waals surface area contributed by atoms with Crippen LogP contribution < -0.4 is 0 Å². The molecule has 17 heavy (non-hydrogen) atoms. The predicted octanol–water partition coefficient (Wildman–Crippen LogP) is 3.93. The highest BCUT2D eigenvalue weighted by Gasteiger charge is 2.08. The first-order valence-corrected chi connectivity index (χ1v) is 5.55. The van der Waals surface area contributed by atoms with Crippen molar-refractivity contribution < 1.29 is 9.53 Å².